The first-order chi connectivity index (χ1) is 12.8. The first-order valence-electron chi connectivity index (χ1n) is 9.56. The van der Waals surface area contributed by atoms with Crippen LogP contribution in [-0.2, 0) is 0 Å². The maximum atomic E-state index is 12.8. The molecule has 0 spiro atoms. The molecule has 0 radical (unpaired) electrons. The third-order valence-electron chi connectivity index (χ3n) is 5.25. The van der Waals surface area contributed by atoms with E-state index in [4.69, 9.17) is 4.74 Å². The van der Waals surface area contributed by atoms with Gasteiger partial charge in [-0.2, -0.15) is 5.10 Å². The lowest BCUT2D eigenvalue weighted by atomic mass is 10.1. The minimum Gasteiger partial charge on any atom is -0.490 e. The van der Waals surface area contributed by atoms with Crippen molar-refractivity contribution in [3.8, 4) is 5.75 Å². The summed E-state index contributed by atoms with van der Waals surface area (Å²) in [7, 11) is 0. The number of nitrogens with one attached hydrogen (secondary N) is 1. The summed E-state index contributed by atoms with van der Waals surface area (Å²) < 4.78 is 7.96. The number of benzene rings is 1. The monoisotopic (exact) mass is 390 g/mol. The molecule has 0 bridgehead atoms. The fourth-order valence-corrected chi connectivity index (χ4v) is 3.74. The Morgan fingerprint density at radius 3 is 2.59 bits per heavy atom. The van der Waals surface area contributed by atoms with Crippen LogP contribution in [0.3, 0.4) is 0 Å². The second kappa shape index (κ2) is 9.24. The average molecular weight is 391 g/mol. The van der Waals surface area contributed by atoms with Crippen molar-refractivity contribution in [2.24, 2.45) is 0 Å². The molecule has 2 fully saturated rings. The van der Waals surface area contributed by atoms with Crippen LogP contribution in [0.4, 0.5) is 0 Å². The minimum absolute atomic E-state index is 0. The zero-order valence-corrected chi connectivity index (χ0v) is 16.2. The maximum Gasteiger partial charge on any atom is 0.274 e. The van der Waals surface area contributed by atoms with E-state index in [0.29, 0.717) is 24.8 Å². The molecular formula is C20H27ClN4O2. The fourth-order valence-electron chi connectivity index (χ4n) is 3.74. The van der Waals surface area contributed by atoms with Gasteiger partial charge in [0, 0.05) is 38.7 Å². The second-order valence-electron chi connectivity index (χ2n) is 7.10. The molecule has 1 amide bonds. The molecule has 1 unspecified atom stereocenters. The van der Waals surface area contributed by atoms with Gasteiger partial charge in [-0.25, -0.2) is 0 Å². The summed E-state index contributed by atoms with van der Waals surface area (Å²) in [6.07, 6.45) is 6.10. The fraction of sp³-hybridized carbons (Fsp3) is 0.500. The van der Waals surface area contributed by atoms with Crippen molar-refractivity contribution in [1.29, 1.82) is 0 Å². The number of amides is 1. The molecule has 3 heterocycles. The SMILES string of the molecule is Cl.O=C(c1ccn(C2CCCNC2)n1)N1CCC(Oc2ccccc2)CC1. The summed E-state index contributed by atoms with van der Waals surface area (Å²) in [5.74, 6) is 0.933. The van der Waals surface area contributed by atoms with Crippen molar-refractivity contribution in [2.45, 2.75) is 37.8 Å². The van der Waals surface area contributed by atoms with E-state index in [1.54, 1.807) is 0 Å². The summed E-state index contributed by atoms with van der Waals surface area (Å²) >= 11 is 0. The lowest BCUT2D eigenvalue weighted by molar-refractivity contribution is 0.0589. The van der Waals surface area contributed by atoms with Crippen LogP contribution in [0, 0.1) is 0 Å². The predicted octanol–water partition coefficient (Wildman–Crippen LogP) is 2.91. The molecule has 27 heavy (non-hydrogen) atoms. The number of nitrogens with zero attached hydrogens (tertiary/aromatic N) is 3. The van der Waals surface area contributed by atoms with E-state index in [1.165, 1.54) is 0 Å². The third kappa shape index (κ3) is 4.82. The van der Waals surface area contributed by atoms with Crippen molar-refractivity contribution in [1.82, 2.24) is 20.0 Å². The van der Waals surface area contributed by atoms with Gasteiger partial charge in [-0.05, 0) is 37.6 Å². The van der Waals surface area contributed by atoms with Crippen molar-refractivity contribution < 1.29 is 9.53 Å². The Morgan fingerprint density at radius 1 is 1.11 bits per heavy atom. The number of likely N-dealkylation sites (tertiary alicyclic amines) is 1. The Morgan fingerprint density at radius 2 is 1.89 bits per heavy atom. The van der Waals surface area contributed by atoms with Crippen LogP contribution in [0.15, 0.2) is 42.6 Å². The van der Waals surface area contributed by atoms with E-state index in [-0.39, 0.29) is 24.4 Å². The number of rotatable bonds is 4. The molecule has 1 aromatic carbocycles. The van der Waals surface area contributed by atoms with Crippen molar-refractivity contribution >= 4 is 18.3 Å². The van der Waals surface area contributed by atoms with E-state index in [2.05, 4.69) is 10.4 Å². The van der Waals surface area contributed by atoms with Crippen LogP contribution in [0.5, 0.6) is 5.75 Å². The van der Waals surface area contributed by atoms with Gasteiger partial charge in [0.25, 0.3) is 5.91 Å². The Labute approximate surface area is 166 Å². The molecule has 1 atom stereocenters. The van der Waals surface area contributed by atoms with Gasteiger partial charge in [0.2, 0.25) is 0 Å². The van der Waals surface area contributed by atoms with E-state index in [0.717, 1.165) is 44.5 Å². The molecule has 0 saturated carbocycles. The number of hydrogen-bond donors (Lipinski definition) is 1. The summed E-state index contributed by atoms with van der Waals surface area (Å²) in [4.78, 5) is 14.7. The van der Waals surface area contributed by atoms with E-state index >= 15 is 0 Å². The van der Waals surface area contributed by atoms with Gasteiger partial charge in [0.15, 0.2) is 0 Å². The highest BCUT2D eigenvalue weighted by atomic mass is 35.5. The van der Waals surface area contributed by atoms with Gasteiger partial charge >= 0.3 is 0 Å². The van der Waals surface area contributed by atoms with Gasteiger partial charge < -0.3 is 15.0 Å². The zero-order valence-electron chi connectivity index (χ0n) is 15.4. The Balaban J connectivity index is 0.00000210. The lowest BCUT2D eigenvalue weighted by Crippen LogP contribution is -2.42. The first-order valence-corrected chi connectivity index (χ1v) is 9.56. The molecule has 0 aliphatic carbocycles. The number of carbonyl (C=O) groups excluding carboxylic acids is 1. The van der Waals surface area contributed by atoms with Gasteiger partial charge in [-0.3, -0.25) is 9.48 Å². The summed E-state index contributed by atoms with van der Waals surface area (Å²) in [6, 6.07) is 12.1. The highest BCUT2D eigenvalue weighted by Crippen LogP contribution is 2.20. The predicted molar refractivity (Wildman–Crippen MR) is 107 cm³/mol. The lowest BCUT2D eigenvalue weighted by Gasteiger charge is -2.31. The third-order valence-corrected chi connectivity index (χ3v) is 5.25. The van der Waals surface area contributed by atoms with Gasteiger partial charge in [0.1, 0.15) is 17.5 Å². The molecule has 7 heteroatoms. The van der Waals surface area contributed by atoms with Gasteiger partial charge in [-0.1, -0.05) is 18.2 Å². The van der Waals surface area contributed by atoms with E-state index < -0.39 is 0 Å². The van der Waals surface area contributed by atoms with Crippen LogP contribution in [0.1, 0.15) is 42.2 Å². The molecule has 6 nitrogen and oxygen atoms in total. The van der Waals surface area contributed by atoms with Crippen LogP contribution in [-0.4, -0.2) is 52.9 Å². The van der Waals surface area contributed by atoms with Crippen LogP contribution < -0.4 is 10.1 Å². The molecule has 146 valence electrons. The van der Waals surface area contributed by atoms with Crippen LogP contribution in [0.25, 0.3) is 0 Å². The number of halogens is 1. The maximum absolute atomic E-state index is 12.8. The minimum atomic E-state index is 0. The topological polar surface area (TPSA) is 59.4 Å². The highest BCUT2D eigenvalue weighted by Gasteiger charge is 2.26. The number of hydrogen-bond acceptors (Lipinski definition) is 4. The molecule has 2 aliphatic heterocycles. The molecule has 1 N–H and O–H groups in total. The number of piperidine rings is 2. The number of carbonyl (C=O) groups is 1. The Bertz CT molecular complexity index is 723. The summed E-state index contributed by atoms with van der Waals surface area (Å²) in [6.45, 7) is 3.43. The summed E-state index contributed by atoms with van der Waals surface area (Å²) in [5, 5.41) is 7.94. The Hall–Kier alpha value is -2.05. The zero-order chi connectivity index (χ0) is 17.8. The van der Waals surface area contributed by atoms with E-state index in [1.807, 2.05) is 52.2 Å². The standard InChI is InChI=1S/C20H26N4O2.ClH/c25-20(19-10-14-24(22-19)16-5-4-11-21-15-16)23-12-8-18(9-13-23)26-17-6-2-1-3-7-17;/h1-3,6-7,10,14,16,18,21H,4-5,8-9,11-13,15H2;1H. The number of ether oxygens (including phenoxy) is 1. The molecule has 4 rings (SSSR count). The number of para-hydroxylation sites is 1. The van der Waals surface area contributed by atoms with Crippen LogP contribution >= 0.6 is 12.4 Å². The average Bonchev–Trinajstić information content (AvgIpc) is 3.20. The van der Waals surface area contributed by atoms with Gasteiger partial charge in [-0.15, -0.1) is 12.4 Å². The van der Waals surface area contributed by atoms with Crippen molar-refractivity contribution in [2.75, 3.05) is 26.2 Å². The van der Waals surface area contributed by atoms with Crippen molar-refractivity contribution in [3.05, 3.63) is 48.3 Å². The smallest absolute Gasteiger partial charge is 0.274 e. The quantitative estimate of drug-likeness (QED) is 0.872. The van der Waals surface area contributed by atoms with Crippen LogP contribution in [0.2, 0.25) is 0 Å². The molecule has 2 aliphatic rings. The second-order valence-corrected chi connectivity index (χ2v) is 7.10. The highest BCUT2D eigenvalue weighted by molar-refractivity contribution is 5.92. The normalized spacial score (nSPS) is 20.7. The Kier molecular flexibility index (Phi) is 6.74. The molecule has 2 saturated heterocycles. The molecular weight excluding hydrogens is 364 g/mol. The first kappa shape index (κ1) is 19.7. The largest absolute Gasteiger partial charge is 0.490 e. The van der Waals surface area contributed by atoms with Gasteiger partial charge in [0.05, 0.1) is 6.04 Å². The molecule has 1 aromatic heterocycles. The van der Waals surface area contributed by atoms with E-state index in [9.17, 15) is 4.79 Å². The van der Waals surface area contributed by atoms with Crippen molar-refractivity contribution in [3.63, 3.8) is 0 Å². The summed E-state index contributed by atoms with van der Waals surface area (Å²) in [5.41, 5.74) is 0.554. The number of aromatic nitrogens is 2. The molecule has 2 aromatic rings.